The van der Waals surface area contributed by atoms with E-state index in [1.165, 1.54) is 4.90 Å². The highest BCUT2D eigenvalue weighted by molar-refractivity contribution is 7.99. The molecule has 1 unspecified atom stereocenters. The van der Waals surface area contributed by atoms with E-state index in [0.717, 1.165) is 31.7 Å². The van der Waals surface area contributed by atoms with Crippen molar-refractivity contribution in [3.63, 3.8) is 0 Å². The van der Waals surface area contributed by atoms with Crippen molar-refractivity contribution >= 4 is 23.8 Å². The molecular formula is C21H32N2O3S. The average molecular weight is 393 g/mol. The molecule has 6 heteroatoms. The van der Waals surface area contributed by atoms with Gasteiger partial charge in [0.25, 0.3) is 0 Å². The molecule has 2 amide bonds. The molecule has 0 N–H and O–H groups in total. The summed E-state index contributed by atoms with van der Waals surface area (Å²) < 4.78 is 5.41. The third-order valence-electron chi connectivity index (χ3n) is 4.44. The summed E-state index contributed by atoms with van der Waals surface area (Å²) in [5.41, 5.74) is -0.490. The number of benzene rings is 1. The Morgan fingerprint density at radius 3 is 2.63 bits per heavy atom. The normalized spacial score (nSPS) is 17.5. The molecule has 0 bridgehead atoms. The van der Waals surface area contributed by atoms with Crippen LogP contribution in [0, 0.1) is 5.92 Å². The van der Waals surface area contributed by atoms with E-state index in [4.69, 9.17) is 4.74 Å². The summed E-state index contributed by atoms with van der Waals surface area (Å²) >= 11 is 1.72. The quantitative estimate of drug-likeness (QED) is 0.678. The van der Waals surface area contributed by atoms with Gasteiger partial charge < -0.3 is 14.5 Å². The first kappa shape index (κ1) is 21.6. The number of amides is 2. The summed E-state index contributed by atoms with van der Waals surface area (Å²) in [6.07, 6.45) is 2.28. The number of hydrogen-bond donors (Lipinski definition) is 0. The Kier molecular flexibility index (Phi) is 8.02. The van der Waals surface area contributed by atoms with Crippen LogP contribution in [-0.4, -0.2) is 59.8 Å². The van der Waals surface area contributed by atoms with Gasteiger partial charge in [0.05, 0.1) is 0 Å². The summed E-state index contributed by atoms with van der Waals surface area (Å²) in [6.45, 7) is 7.77. The standard InChI is InChI=1S/C21H32N2O3S/c1-21(2,3)26-20(25)22(4)15-17-9-8-13-23(16-17)19(24)12-14-27-18-10-6-5-7-11-18/h5-7,10-11,17H,8-9,12-16H2,1-4H3. The van der Waals surface area contributed by atoms with Crippen molar-refractivity contribution in [3.05, 3.63) is 30.3 Å². The van der Waals surface area contributed by atoms with Crippen molar-refractivity contribution in [1.29, 1.82) is 0 Å². The first-order chi connectivity index (χ1) is 12.7. The van der Waals surface area contributed by atoms with Gasteiger partial charge in [-0.05, 0) is 51.7 Å². The molecule has 1 atom stereocenters. The van der Waals surface area contributed by atoms with Gasteiger partial charge in [-0.1, -0.05) is 18.2 Å². The lowest BCUT2D eigenvalue weighted by Gasteiger charge is -2.35. The van der Waals surface area contributed by atoms with Crippen molar-refractivity contribution in [1.82, 2.24) is 9.80 Å². The molecule has 0 spiro atoms. The first-order valence-electron chi connectivity index (χ1n) is 9.64. The third kappa shape index (κ3) is 7.83. The predicted molar refractivity (Wildman–Crippen MR) is 110 cm³/mol. The molecule has 1 fully saturated rings. The van der Waals surface area contributed by atoms with Gasteiger partial charge in [0, 0.05) is 43.8 Å². The van der Waals surface area contributed by atoms with Crippen LogP contribution in [0.5, 0.6) is 0 Å². The number of rotatable bonds is 6. The Balaban J connectivity index is 1.75. The summed E-state index contributed by atoms with van der Waals surface area (Å²) in [6, 6.07) is 10.2. The molecule has 27 heavy (non-hydrogen) atoms. The average Bonchev–Trinajstić information content (AvgIpc) is 2.61. The van der Waals surface area contributed by atoms with Crippen molar-refractivity contribution in [3.8, 4) is 0 Å². The Morgan fingerprint density at radius 1 is 1.26 bits per heavy atom. The molecule has 1 aliphatic rings. The molecule has 0 aromatic heterocycles. The number of likely N-dealkylation sites (tertiary alicyclic amines) is 1. The second-order valence-corrected chi connectivity index (χ2v) is 9.29. The number of thioether (sulfide) groups is 1. The molecule has 0 saturated carbocycles. The maximum Gasteiger partial charge on any atom is 0.410 e. The van der Waals surface area contributed by atoms with Gasteiger partial charge in [-0.2, -0.15) is 0 Å². The van der Waals surface area contributed by atoms with Crippen LogP contribution in [0.3, 0.4) is 0 Å². The van der Waals surface area contributed by atoms with Crippen molar-refractivity contribution in [2.75, 3.05) is 32.4 Å². The summed E-state index contributed by atoms with van der Waals surface area (Å²) in [5.74, 6) is 1.31. The van der Waals surface area contributed by atoms with Crippen molar-refractivity contribution in [2.24, 2.45) is 5.92 Å². The zero-order valence-corrected chi connectivity index (χ0v) is 17.8. The lowest BCUT2D eigenvalue weighted by molar-refractivity contribution is -0.132. The summed E-state index contributed by atoms with van der Waals surface area (Å²) in [7, 11) is 1.77. The Hall–Kier alpha value is -1.69. The third-order valence-corrected chi connectivity index (χ3v) is 5.45. The molecule has 150 valence electrons. The maximum atomic E-state index is 12.5. The second-order valence-electron chi connectivity index (χ2n) is 8.12. The molecule has 5 nitrogen and oxygen atoms in total. The molecule has 0 aliphatic carbocycles. The highest BCUT2D eigenvalue weighted by atomic mass is 32.2. The number of ether oxygens (including phenoxy) is 1. The number of nitrogens with zero attached hydrogens (tertiary/aromatic N) is 2. The van der Waals surface area contributed by atoms with Crippen LogP contribution >= 0.6 is 11.8 Å². The van der Waals surface area contributed by atoms with Crippen LogP contribution in [0.2, 0.25) is 0 Å². The Morgan fingerprint density at radius 2 is 1.96 bits per heavy atom. The zero-order valence-electron chi connectivity index (χ0n) is 16.9. The molecule has 2 rings (SSSR count). The largest absolute Gasteiger partial charge is 0.444 e. The zero-order chi connectivity index (χ0) is 19.9. The molecule has 1 saturated heterocycles. The van der Waals surface area contributed by atoms with E-state index in [1.54, 1.807) is 23.7 Å². The number of piperidine rings is 1. The smallest absolute Gasteiger partial charge is 0.410 e. The van der Waals surface area contributed by atoms with Gasteiger partial charge in [-0.3, -0.25) is 4.79 Å². The van der Waals surface area contributed by atoms with Gasteiger partial charge in [-0.25, -0.2) is 4.79 Å². The lowest BCUT2D eigenvalue weighted by Crippen LogP contribution is -2.45. The van der Waals surface area contributed by atoms with Gasteiger partial charge in [0.15, 0.2) is 0 Å². The van der Waals surface area contributed by atoms with E-state index in [2.05, 4.69) is 12.1 Å². The summed E-state index contributed by atoms with van der Waals surface area (Å²) in [5, 5.41) is 0. The van der Waals surface area contributed by atoms with Crippen LogP contribution in [-0.2, 0) is 9.53 Å². The number of carbonyl (C=O) groups is 2. The molecule has 0 radical (unpaired) electrons. The lowest BCUT2D eigenvalue weighted by atomic mass is 9.97. The van der Waals surface area contributed by atoms with Crippen LogP contribution in [0.1, 0.15) is 40.0 Å². The maximum absolute atomic E-state index is 12.5. The fraction of sp³-hybridized carbons (Fsp3) is 0.619. The van der Waals surface area contributed by atoms with E-state index >= 15 is 0 Å². The van der Waals surface area contributed by atoms with Crippen LogP contribution < -0.4 is 0 Å². The topological polar surface area (TPSA) is 49.9 Å². The Labute approximate surface area is 167 Å². The molecule has 1 aromatic carbocycles. The molecular weight excluding hydrogens is 360 g/mol. The first-order valence-corrected chi connectivity index (χ1v) is 10.6. The Bertz CT molecular complexity index is 616. The number of carbonyl (C=O) groups excluding carboxylic acids is 2. The van der Waals surface area contributed by atoms with E-state index in [1.807, 2.05) is 43.9 Å². The minimum Gasteiger partial charge on any atom is -0.444 e. The molecule has 1 heterocycles. The van der Waals surface area contributed by atoms with Crippen molar-refractivity contribution < 1.29 is 14.3 Å². The van der Waals surface area contributed by atoms with Crippen molar-refractivity contribution in [2.45, 2.75) is 50.5 Å². The van der Waals surface area contributed by atoms with Crippen LogP contribution in [0.25, 0.3) is 0 Å². The van der Waals surface area contributed by atoms with Crippen LogP contribution in [0.15, 0.2) is 35.2 Å². The SMILES string of the molecule is CN(CC1CCCN(C(=O)CCSc2ccccc2)C1)C(=O)OC(C)(C)C. The van der Waals surface area contributed by atoms with E-state index in [0.29, 0.717) is 18.9 Å². The molecule has 1 aliphatic heterocycles. The fourth-order valence-corrected chi connectivity index (χ4v) is 4.04. The van der Waals surface area contributed by atoms with E-state index in [9.17, 15) is 9.59 Å². The molecule has 1 aromatic rings. The van der Waals surface area contributed by atoms with E-state index in [-0.39, 0.29) is 12.0 Å². The highest BCUT2D eigenvalue weighted by Gasteiger charge is 2.27. The van der Waals surface area contributed by atoms with Gasteiger partial charge in [0.1, 0.15) is 5.60 Å². The predicted octanol–water partition coefficient (Wildman–Crippen LogP) is 4.27. The second kappa shape index (κ2) is 10.0. The highest BCUT2D eigenvalue weighted by Crippen LogP contribution is 2.21. The fourth-order valence-electron chi connectivity index (χ4n) is 3.17. The van der Waals surface area contributed by atoms with Gasteiger partial charge >= 0.3 is 6.09 Å². The minimum atomic E-state index is -0.490. The van der Waals surface area contributed by atoms with Gasteiger partial charge in [-0.15, -0.1) is 11.8 Å². The minimum absolute atomic E-state index is 0.211. The van der Waals surface area contributed by atoms with Gasteiger partial charge in [0.2, 0.25) is 5.91 Å². The van der Waals surface area contributed by atoms with Crippen LogP contribution in [0.4, 0.5) is 4.79 Å². The van der Waals surface area contributed by atoms with E-state index < -0.39 is 5.60 Å². The number of hydrogen-bond acceptors (Lipinski definition) is 4. The monoisotopic (exact) mass is 392 g/mol. The summed E-state index contributed by atoms with van der Waals surface area (Å²) in [4.78, 5) is 29.5.